The second-order valence-electron chi connectivity index (χ2n) is 9.90. The predicted octanol–water partition coefficient (Wildman–Crippen LogP) is 4.84. The van der Waals surface area contributed by atoms with Crippen molar-refractivity contribution in [2.75, 3.05) is 36.0 Å². The van der Waals surface area contributed by atoms with Gasteiger partial charge in [-0.05, 0) is 63.4 Å². The van der Waals surface area contributed by atoms with Crippen molar-refractivity contribution < 1.29 is 39.7 Å². The summed E-state index contributed by atoms with van der Waals surface area (Å²) < 4.78 is 28.1. The number of pyridine rings is 3. The van der Waals surface area contributed by atoms with Gasteiger partial charge in [-0.3, -0.25) is 4.98 Å². The van der Waals surface area contributed by atoms with Gasteiger partial charge in [-0.15, -0.1) is 6.07 Å². The van der Waals surface area contributed by atoms with Crippen molar-refractivity contribution in [3.63, 3.8) is 0 Å². The number of halogens is 2. The van der Waals surface area contributed by atoms with Crippen LogP contribution in [-0.2, 0) is 26.5 Å². The van der Waals surface area contributed by atoms with E-state index in [0.717, 1.165) is 69.3 Å². The maximum absolute atomic E-state index is 14.6. The van der Waals surface area contributed by atoms with Gasteiger partial charge < -0.3 is 19.9 Å². The van der Waals surface area contributed by atoms with E-state index in [0.29, 0.717) is 17.1 Å². The Balaban J connectivity index is 0.00000320. The number of aromatic nitrogens is 3. The summed E-state index contributed by atoms with van der Waals surface area (Å²) >= 11 is 0. The van der Waals surface area contributed by atoms with Crippen molar-refractivity contribution >= 4 is 17.3 Å². The maximum atomic E-state index is 14.6. The first-order chi connectivity index (χ1) is 17.2. The minimum Gasteiger partial charge on any atom is -0.477 e. The molecule has 5 heterocycles. The van der Waals surface area contributed by atoms with Crippen molar-refractivity contribution in [1.29, 1.82) is 0 Å². The Labute approximate surface area is 229 Å². The molecule has 7 nitrogen and oxygen atoms in total. The summed E-state index contributed by atoms with van der Waals surface area (Å²) in [5, 5.41) is 9.76. The second-order valence-corrected chi connectivity index (χ2v) is 9.90. The van der Waals surface area contributed by atoms with E-state index >= 15 is 0 Å². The van der Waals surface area contributed by atoms with Gasteiger partial charge in [-0.25, -0.2) is 18.6 Å². The third-order valence-corrected chi connectivity index (χ3v) is 7.07. The summed E-state index contributed by atoms with van der Waals surface area (Å²) in [5.74, 6) is -3.02. The third-order valence-electron chi connectivity index (χ3n) is 7.07. The van der Waals surface area contributed by atoms with Crippen LogP contribution in [0.1, 0.15) is 61.4 Å². The summed E-state index contributed by atoms with van der Waals surface area (Å²) in [6, 6.07) is 10.9. The Kier molecular flexibility index (Phi) is 7.93. The summed E-state index contributed by atoms with van der Waals surface area (Å²) in [6.45, 7) is 7.31. The number of carbonyl (C=O) groups is 1. The van der Waals surface area contributed by atoms with E-state index in [1.54, 1.807) is 12.1 Å². The molecule has 1 N–H and O–H groups in total. The smallest absolute Gasteiger partial charge is 0.354 e. The first-order valence-corrected chi connectivity index (χ1v) is 12.2. The normalized spacial score (nSPS) is 15.7. The van der Waals surface area contributed by atoms with Crippen LogP contribution in [-0.4, -0.2) is 52.2 Å². The second kappa shape index (κ2) is 10.8. The van der Waals surface area contributed by atoms with E-state index in [9.17, 15) is 18.7 Å². The molecule has 2 fully saturated rings. The van der Waals surface area contributed by atoms with Crippen molar-refractivity contribution in [3.05, 3.63) is 65.4 Å². The average Bonchev–Trinajstić information content (AvgIpc) is 3.58. The summed E-state index contributed by atoms with van der Waals surface area (Å²) in [5.41, 5.74) is 2.29. The Morgan fingerprint density at radius 2 is 1.43 bits per heavy atom. The largest absolute Gasteiger partial charge is 0.477 e. The first kappa shape index (κ1) is 27.1. The van der Waals surface area contributed by atoms with Crippen molar-refractivity contribution in [1.82, 2.24) is 15.0 Å². The van der Waals surface area contributed by atoms with Gasteiger partial charge >= 0.3 is 5.97 Å². The molecule has 0 atom stereocenters. The number of carboxylic acid groups (broad SMARTS) is 1. The molecule has 198 valence electrons. The van der Waals surface area contributed by atoms with E-state index in [-0.39, 0.29) is 32.3 Å². The molecular formula is C27H28F2N5O2Pt-. The molecule has 2 aliphatic rings. The molecule has 2 saturated heterocycles. The van der Waals surface area contributed by atoms with Crippen molar-refractivity contribution in [3.8, 4) is 11.3 Å². The number of hydrogen-bond donors (Lipinski definition) is 1. The average molecular weight is 688 g/mol. The predicted molar refractivity (Wildman–Crippen MR) is 132 cm³/mol. The maximum Gasteiger partial charge on any atom is 0.354 e. The monoisotopic (exact) mass is 687 g/mol. The molecule has 37 heavy (non-hydrogen) atoms. The molecular weight excluding hydrogens is 659 g/mol. The molecule has 2 aliphatic heterocycles. The standard InChI is InChI=1S/C27H28F2N5O2.Pt/c1-27(2,23-16-18(34-11-5-6-12-34)14-21(31-23)26(35)36)22-15-17(33-9-3-4-10-33)13-20(30-22)19-7-8-24(28)32-25(19)29;/h8,13-16H,3-6,9-12H2,1-2H3,(H,35,36);/q-1;. The zero-order valence-corrected chi connectivity index (χ0v) is 23.0. The third kappa shape index (κ3) is 5.52. The number of rotatable bonds is 6. The number of hydrogen-bond acceptors (Lipinski definition) is 6. The van der Waals surface area contributed by atoms with Gasteiger partial charge in [0.15, 0.2) is 5.69 Å². The fourth-order valence-electron chi connectivity index (χ4n) is 4.91. The van der Waals surface area contributed by atoms with Crippen LogP contribution in [0.5, 0.6) is 0 Å². The van der Waals surface area contributed by atoms with Crippen molar-refractivity contribution in [2.24, 2.45) is 0 Å². The van der Waals surface area contributed by atoms with Gasteiger partial charge in [-0.1, -0.05) is 17.7 Å². The van der Waals surface area contributed by atoms with E-state index in [1.165, 1.54) is 0 Å². The fourth-order valence-corrected chi connectivity index (χ4v) is 4.91. The van der Waals surface area contributed by atoms with Crippen LogP contribution in [0.2, 0.25) is 0 Å². The van der Waals surface area contributed by atoms with Crippen LogP contribution in [0.25, 0.3) is 11.3 Å². The Morgan fingerprint density at radius 3 is 1.97 bits per heavy atom. The quantitative estimate of drug-likeness (QED) is 0.294. The fraction of sp³-hybridized carbons (Fsp3) is 0.407. The van der Waals surface area contributed by atoms with E-state index in [2.05, 4.69) is 25.8 Å². The van der Waals surface area contributed by atoms with Gasteiger partial charge in [-0.2, -0.15) is 0 Å². The van der Waals surface area contributed by atoms with E-state index < -0.39 is 23.3 Å². The molecule has 0 aliphatic carbocycles. The number of anilines is 2. The van der Waals surface area contributed by atoms with Crippen molar-refractivity contribution in [2.45, 2.75) is 44.9 Å². The van der Waals surface area contributed by atoms with Crippen LogP contribution < -0.4 is 9.80 Å². The summed E-state index contributed by atoms with van der Waals surface area (Å²) in [6.07, 6.45) is 4.22. The Morgan fingerprint density at radius 1 is 0.892 bits per heavy atom. The summed E-state index contributed by atoms with van der Waals surface area (Å²) in [7, 11) is 0. The van der Waals surface area contributed by atoms with Crippen LogP contribution in [0, 0.1) is 18.0 Å². The molecule has 10 heteroatoms. The summed E-state index contributed by atoms with van der Waals surface area (Å²) in [4.78, 5) is 28.9. The molecule has 5 rings (SSSR count). The SMILES string of the molecule is CC(C)(c1cc(N2CCCC2)cc(C(=O)O)n1)c1cc(N2CCCC2)cc(-c2[c-]cc(F)nc2F)n1.[Pt]. The van der Waals surface area contributed by atoms with Crippen LogP contribution in [0.15, 0.2) is 30.3 Å². The number of aromatic carboxylic acids is 1. The van der Waals surface area contributed by atoms with Crippen LogP contribution >= 0.6 is 0 Å². The first-order valence-electron chi connectivity index (χ1n) is 12.2. The minimum atomic E-state index is -1.10. The molecule has 0 saturated carbocycles. The van der Waals surface area contributed by atoms with Gasteiger partial charge in [0.2, 0.25) is 0 Å². The molecule has 0 unspecified atom stereocenters. The molecule has 0 bridgehead atoms. The molecule has 3 aromatic rings. The van der Waals surface area contributed by atoms with E-state index in [1.807, 2.05) is 26.0 Å². The zero-order valence-electron chi connectivity index (χ0n) is 20.7. The van der Waals surface area contributed by atoms with Gasteiger partial charge in [0.1, 0.15) is 11.9 Å². The molecule has 0 spiro atoms. The van der Waals surface area contributed by atoms with E-state index in [4.69, 9.17) is 4.98 Å². The molecule has 0 aromatic carbocycles. The Hall–Kier alpha value is -2.93. The molecule has 0 radical (unpaired) electrons. The minimum absolute atomic E-state index is 0. The zero-order chi connectivity index (χ0) is 25.4. The van der Waals surface area contributed by atoms with Gasteiger partial charge in [0, 0.05) is 69.7 Å². The van der Waals surface area contributed by atoms with Crippen LogP contribution in [0.3, 0.4) is 0 Å². The topological polar surface area (TPSA) is 82.5 Å². The number of nitrogens with zero attached hydrogens (tertiary/aromatic N) is 5. The Bertz CT molecular complexity index is 1310. The molecule has 0 amide bonds. The number of carboxylic acids is 1. The van der Waals surface area contributed by atoms with Gasteiger partial charge in [0.05, 0.1) is 5.69 Å². The van der Waals surface area contributed by atoms with Crippen LogP contribution in [0.4, 0.5) is 20.2 Å². The molecule has 3 aromatic heterocycles. The van der Waals surface area contributed by atoms with Gasteiger partial charge in [0.25, 0.3) is 0 Å².